The predicted octanol–water partition coefficient (Wildman–Crippen LogP) is 3.20. The van der Waals surface area contributed by atoms with Gasteiger partial charge < -0.3 is 9.80 Å². The fourth-order valence-corrected chi connectivity index (χ4v) is 3.67. The highest BCUT2D eigenvalue weighted by Gasteiger charge is 2.33. The molecule has 1 saturated heterocycles. The van der Waals surface area contributed by atoms with Crippen LogP contribution in [0.2, 0.25) is 0 Å². The quantitative estimate of drug-likeness (QED) is 0.842. The SMILES string of the molecule is CN(C)CC(=O)N1CCC(n2ncc(C(C)(C)C)c2C(C)(C)C)CC1. The van der Waals surface area contributed by atoms with E-state index in [9.17, 15) is 4.79 Å². The van der Waals surface area contributed by atoms with Crippen molar-refractivity contribution in [3.63, 3.8) is 0 Å². The van der Waals surface area contributed by atoms with Gasteiger partial charge in [0.1, 0.15) is 0 Å². The average Bonchev–Trinajstić information content (AvgIpc) is 2.91. The highest BCUT2D eigenvalue weighted by molar-refractivity contribution is 5.78. The lowest BCUT2D eigenvalue weighted by molar-refractivity contribution is -0.133. The molecule has 5 nitrogen and oxygen atoms in total. The van der Waals surface area contributed by atoms with E-state index in [-0.39, 0.29) is 16.7 Å². The van der Waals surface area contributed by atoms with Crippen LogP contribution in [-0.2, 0) is 15.6 Å². The number of piperidine rings is 1. The summed E-state index contributed by atoms with van der Waals surface area (Å²) in [6.07, 6.45) is 4.02. The molecule has 1 aromatic rings. The number of nitrogens with zero attached hydrogens (tertiary/aromatic N) is 4. The Balaban J connectivity index is 2.19. The molecule has 0 saturated carbocycles. The standard InChI is InChI=1S/C20H36N4O/c1-19(2,3)16-13-21-24(18(16)20(4,5)6)15-9-11-23(12-10-15)17(25)14-22(7)8/h13,15H,9-12,14H2,1-8H3. The van der Waals surface area contributed by atoms with Crippen LogP contribution in [0.1, 0.15) is 71.7 Å². The zero-order valence-corrected chi connectivity index (χ0v) is 17.4. The average molecular weight is 349 g/mol. The molecule has 0 bridgehead atoms. The Morgan fingerprint density at radius 2 is 1.68 bits per heavy atom. The molecule has 1 amide bonds. The third-order valence-electron chi connectivity index (χ3n) is 4.93. The maximum absolute atomic E-state index is 12.3. The number of amides is 1. The molecule has 2 rings (SSSR count). The van der Waals surface area contributed by atoms with Crippen molar-refractivity contribution in [2.45, 2.75) is 71.3 Å². The smallest absolute Gasteiger partial charge is 0.236 e. The first-order chi connectivity index (χ1) is 11.4. The van der Waals surface area contributed by atoms with Gasteiger partial charge in [0.05, 0.1) is 18.8 Å². The monoisotopic (exact) mass is 348 g/mol. The Hall–Kier alpha value is -1.36. The fourth-order valence-electron chi connectivity index (χ4n) is 3.67. The van der Waals surface area contributed by atoms with Crippen molar-refractivity contribution in [3.8, 4) is 0 Å². The highest BCUT2D eigenvalue weighted by atomic mass is 16.2. The summed E-state index contributed by atoms with van der Waals surface area (Å²) in [5, 5.41) is 4.80. The van der Waals surface area contributed by atoms with Gasteiger partial charge in [-0.1, -0.05) is 41.5 Å². The van der Waals surface area contributed by atoms with Gasteiger partial charge in [0.2, 0.25) is 5.91 Å². The summed E-state index contributed by atoms with van der Waals surface area (Å²) in [6, 6.07) is 0.383. The molecule has 1 fully saturated rings. The van der Waals surface area contributed by atoms with Gasteiger partial charge in [-0.15, -0.1) is 0 Å². The molecule has 0 N–H and O–H groups in total. The number of aromatic nitrogens is 2. The molecule has 1 aliphatic heterocycles. The van der Waals surface area contributed by atoms with Gasteiger partial charge in [-0.05, 0) is 37.9 Å². The van der Waals surface area contributed by atoms with Crippen LogP contribution in [0.25, 0.3) is 0 Å². The summed E-state index contributed by atoms with van der Waals surface area (Å²) in [5.74, 6) is 0.232. The van der Waals surface area contributed by atoms with E-state index in [1.54, 1.807) is 0 Å². The van der Waals surface area contributed by atoms with Crippen molar-refractivity contribution < 1.29 is 4.79 Å². The fraction of sp³-hybridized carbons (Fsp3) is 0.800. The number of likely N-dealkylation sites (tertiary alicyclic amines) is 1. The molecular formula is C20H36N4O. The predicted molar refractivity (Wildman–Crippen MR) is 103 cm³/mol. The summed E-state index contributed by atoms with van der Waals surface area (Å²) >= 11 is 0. The molecule has 1 aromatic heterocycles. The maximum atomic E-state index is 12.3. The minimum absolute atomic E-state index is 0.0526. The summed E-state index contributed by atoms with van der Waals surface area (Å²) in [7, 11) is 3.88. The number of likely N-dealkylation sites (N-methyl/N-ethyl adjacent to an activating group) is 1. The minimum atomic E-state index is 0.0526. The number of hydrogen-bond acceptors (Lipinski definition) is 3. The topological polar surface area (TPSA) is 41.4 Å². The van der Waals surface area contributed by atoms with E-state index >= 15 is 0 Å². The van der Waals surface area contributed by atoms with Crippen molar-refractivity contribution in [2.24, 2.45) is 0 Å². The summed E-state index contributed by atoms with van der Waals surface area (Å²) < 4.78 is 2.26. The molecule has 0 spiro atoms. The van der Waals surface area contributed by atoms with E-state index in [0.29, 0.717) is 12.6 Å². The van der Waals surface area contributed by atoms with Crippen LogP contribution >= 0.6 is 0 Å². The lowest BCUT2D eigenvalue weighted by Crippen LogP contribution is -2.43. The van der Waals surface area contributed by atoms with Crippen molar-refractivity contribution in [1.82, 2.24) is 19.6 Å². The van der Waals surface area contributed by atoms with E-state index in [1.165, 1.54) is 11.3 Å². The third kappa shape index (κ3) is 4.63. The molecule has 0 unspecified atom stereocenters. The first-order valence-electron chi connectivity index (χ1n) is 9.42. The lowest BCUT2D eigenvalue weighted by Gasteiger charge is -2.36. The molecule has 0 aliphatic carbocycles. The summed E-state index contributed by atoms with van der Waals surface area (Å²) in [6.45, 7) is 15.7. The number of carbonyl (C=O) groups is 1. The molecule has 5 heteroatoms. The van der Waals surface area contributed by atoms with Gasteiger partial charge in [-0.2, -0.15) is 5.10 Å². The molecular weight excluding hydrogens is 312 g/mol. The van der Waals surface area contributed by atoms with Gasteiger partial charge in [-0.25, -0.2) is 0 Å². The number of carbonyl (C=O) groups excluding carboxylic acids is 1. The van der Waals surface area contributed by atoms with Crippen LogP contribution in [0, 0.1) is 0 Å². The van der Waals surface area contributed by atoms with Crippen LogP contribution in [0.3, 0.4) is 0 Å². The second-order valence-electron chi connectivity index (χ2n) is 9.70. The Bertz CT molecular complexity index is 596. The molecule has 0 atom stereocenters. The van der Waals surface area contributed by atoms with Gasteiger partial charge in [-0.3, -0.25) is 9.48 Å². The normalized spacial score (nSPS) is 17.4. The van der Waals surface area contributed by atoms with Crippen LogP contribution in [-0.4, -0.2) is 59.2 Å². The Kier molecular flexibility index (Phi) is 5.67. The highest BCUT2D eigenvalue weighted by Crippen LogP contribution is 2.37. The molecule has 2 heterocycles. The summed E-state index contributed by atoms with van der Waals surface area (Å²) in [5.41, 5.74) is 2.82. The van der Waals surface area contributed by atoms with Crippen molar-refractivity contribution in [3.05, 3.63) is 17.5 Å². The summed E-state index contributed by atoms with van der Waals surface area (Å²) in [4.78, 5) is 16.2. The molecule has 25 heavy (non-hydrogen) atoms. The van der Waals surface area contributed by atoms with E-state index in [1.807, 2.05) is 23.9 Å². The van der Waals surface area contributed by atoms with Crippen LogP contribution in [0.15, 0.2) is 6.20 Å². The van der Waals surface area contributed by atoms with Crippen LogP contribution < -0.4 is 0 Å². The third-order valence-corrected chi connectivity index (χ3v) is 4.93. The first-order valence-corrected chi connectivity index (χ1v) is 9.42. The first kappa shape index (κ1) is 20.0. The van der Waals surface area contributed by atoms with E-state index in [2.05, 4.69) is 52.4 Å². The zero-order valence-electron chi connectivity index (χ0n) is 17.4. The van der Waals surface area contributed by atoms with Crippen LogP contribution in [0.4, 0.5) is 0 Å². The largest absolute Gasteiger partial charge is 0.341 e. The van der Waals surface area contributed by atoms with Crippen molar-refractivity contribution in [1.29, 1.82) is 0 Å². The number of hydrogen-bond donors (Lipinski definition) is 0. The van der Waals surface area contributed by atoms with Gasteiger partial charge in [0.15, 0.2) is 0 Å². The lowest BCUT2D eigenvalue weighted by atomic mass is 9.79. The second kappa shape index (κ2) is 7.10. The molecule has 0 radical (unpaired) electrons. The Morgan fingerprint density at radius 1 is 1.12 bits per heavy atom. The van der Waals surface area contributed by atoms with Gasteiger partial charge >= 0.3 is 0 Å². The molecule has 1 aliphatic rings. The maximum Gasteiger partial charge on any atom is 0.236 e. The van der Waals surface area contributed by atoms with Crippen molar-refractivity contribution >= 4 is 5.91 Å². The van der Waals surface area contributed by atoms with E-state index in [4.69, 9.17) is 5.10 Å². The molecule has 142 valence electrons. The Morgan fingerprint density at radius 3 is 2.12 bits per heavy atom. The Labute approximate surface area is 153 Å². The zero-order chi connectivity index (χ0) is 19.0. The van der Waals surface area contributed by atoms with Crippen LogP contribution in [0.5, 0.6) is 0 Å². The molecule has 0 aromatic carbocycles. The van der Waals surface area contributed by atoms with Crippen molar-refractivity contribution in [2.75, 3.05) is 33.7 Å². The van der Waals surface area contributed by atoms with Gasteiger partial charge in [0.25, 0.3) is 0 Å². The van der Waals surface area contributed by atoms with E-state index in [0.717, 1.165) is 25.9 Å². The second-order valence-corrected chi connectivity index (χ2v) is 9.70. The van der Waals surface area contributed by atoms with E-state index < -0.39 is 0 Å². The number of rotatable bonds is 3. The minimum Gasteiger partial charge on any atom is -0.341 e. The van der Waals surface area contributed by atoms with Gasteiger partial charge in [0, 0.05) is 24.2 Å².